The maximum Gasteiger partial charge on any atom is 0.331 e. The number of rotatable bonds is 6. The van der Waals surface area contributed by atoms with Gasteiger partial charge in [-0.1, -0.05) is 26.8 Å². The SMILES string of the molecule is Cc1cn(-c2ccc(C=C(C(=O)O)C(CCCl)C(C)(C)C)cc2F)cn1. The number of hydrogen-bond acceptors (Lipinski definition) is 2. The van der Waals surface area contributed by atoms with Crippen LogP contribution in [0.5, 0.6) is 0 Å². The average molecular weight is 379 g/mol. The lowest BCUT2D eigenvalue weighted by Crippen LogP contribution is -2.26. The number of benzene rings is 1. The van der Waals surface area contributed by atoms with Gasteiger partial charge in [0.15, 0.2) is 0 Å². The Hall–Kier alpha value is -2.14. The first kappa shape index (κ1) is 20.2. The fourth-order valence-electron chi connectivity index (χ4n) is 3.03. The van der Waals surface area contributed by atoms with Crippen molar-refractivity contribution in [2.75, 3.05) is 5.88 Å². The molecule has 4 nitrogen and oxygen atoms in total. The molecular formula is C20H24ClFN2O2. The van der Waals surface area contributed by atoms with Gasteiger partial charge in [0.1, 0.15) is 5.82 Å². The topological polar surface area (TPSA) is 55.1 Å². The van der Waals surface area contributed by atoms with Crippen molar-refractivity contribution in [1.29, 1.82) is 0 Å². The third-order valence-corrected chi connectivity index (χ3v) is 4.57. The van der Waals surface area contributed by atoms with Gasteiger partial charge in [-0.3, -0.25) is 0 Å². The molecule has 140 valence electrons. The molecule has 1 aromatic carbocycles. The maximum atomic E-state index is 14.5. The van der Waals surface area contributed by atoms with Crippen LogP contribution in [0.1, 0.15) is 38.4 Å². The molecule has 0 fully saturated rings. The second kappa shape index (κ2) is 8.04. The first-order valence-electron chi connectivity index (χ1n) is 8.45. The number of halogens is 2. The number of aromatic nitrogens is 2. The quantitative estimate of drug-likeness (QED) is 0.563. The molecule has 0 radical (unpaired) electrons. The number of hydrogen-bond donors (Lipinski definition) is 1. The average Bonchev–Trinajstić information content (AvgIpc) is 2.95. The summed E-state index contributed by atoms with van der Waals surface area (Å²) in [4.78, 5) is 15.9. The predicted octanol–water partition coefficient (Wildman–Crippen LogP) is 5.08. The van der Waals surface area contributed by atoms with Crippen LogP contribution in [0, 0.1) is 24.1 Å². The van der Waals surface area contributed by atoms with Crippen LogP contribution in [0.2, 0.25) is 0 Å². The van der Waals surface area contributed by atoms with E-state index < -0.39 is 11.8 Å². The molecule has 0 amide bonds. The number of nitrogens with zero attached hydrogens (tertiary/aromatic N) is 2. The zero-order valence-corrected chi connectivity index (χ0v) is 16.2. The van der Waals surface area contributed by atoms with Crippen molar-refractivity contribution in [3.8, 4) is 5.69 Å². The highest BCUT2D eigenvalue weighted by Gasteiger charge is 2.31. The van der Waals surface area contributed by atoms with Crippen molar-refractivity contribution < 1.29 is 14.3 Å². The minimum atomic E-state index is -1.01. The third-order valence-electron chi connectivity index (χ3n) is 4.35. The highest BCUT2D eigenvalue weighted by molar-refractivity contribution is 6.17. The van der Waals surface area contributed by atoms with E-state index in [1.54, 1.807) is 29.2 Å². The Morgan fingerprint density at radius 2 is 2.12 bits per heavy atom. The van der Waals surface area contributed by atoms with Gasteiger partial charge >= 0.3 is 5.97 Å². The standard InChI is InChI=1S/C20H24ClFN2O2/c1-13-11-24(12-23-13)18-6-5-14(10-17(18)22)9-15(19(25)26)16(7-8-21)20(2,3)4/h5-6,9-12,16H,7-8H2,1-4H3,(H,25,26). The van der Waals surface area contributed by atoms with Gasteiger partial charge in [-0.25, -0.2) is 14.2 Å². The molecular weight excluding hydrogens is 355 g/mol. The Bertz CT molecular complexity index is 821. The van der Waals surface area contributed by atoms with Gasteiger partial charge in [-0.15, -0.1) is 11.6 Å². The summed E-state index contributed by atoms with van der Waals surface area (Å²) in [6.07, 6.45) is 5.35. The molecule has 0 aliphatic carbocycles. The summed E-state index contributed by atoms with van der Waals surface area (Å²) in [6, 6.07) is 4.67. The molecule has 1 unspecified atom stereocenters. The molecule has 26 heavy (non-hydrogen) atoms. The highest BCUT2D eigenvalue weighted by Crippen LogP contribution is 2.36. The van der Waals surface area contributed by atoms with E-state index in [2.05, 4.69) is 4.98 Å². The second-order valence-electron chi connectivity index (χ2n) is 7.43. The Kier molecular flexibility index (Phi) is 6.24. The number of carbonyl (C=O) groups is 1. The minimum absolute atomic E-state index is 0.239. The Morgan fingerprint density at radius 3 is 2.58 bits per heavy atom. The number of aryl methyl sites for hydroxylation is 1. The van der Waals surface area contributed by atoms with Gasteiger partial charge in [-0.05, 0) is 48.4 Å². The van der Waals surface area contributed by atoms with E-state index in [0.717, 1.165) is 5.69 Å². The number of aliphatic carboxylic acids is 1. The summed E-state index contributed by atoms with van der Waals surface area (Å²) in [7, 11) is 0. The lowest BCUT2D eigenvalue weighted by atomic mass is 9.74. The first-order chi connectivity index (χ1) is 12.1. The summed E-state index contributed by atoms with van der Waals surface area (Å²) < 4.78 is 16.1. The van der Waals surface area contributed by atoms with E-state index >= 15 is 0 Å². The van der Waals surface area contributed by atoms with Gasteiger partial charge in [-0.2, -0.15) is 0 Å². The Morgan fingerprint density at radius 1 is 1.42 bits per heavy atom. The van der Waals surface area contributed by atoms with Crippen LogP contribution in [0.25, 0.3) is 11.8 Å². The van der Waals surface area contributed by atoms with Crippen molar-refractivity contribution in [2.45, 2.75) is 34.1 Å². The van der Waals surface area contributed by atoms with Crippen LogP contribution in [0.3, 0.4) is 0 Å². The molecule has 2 rings (SSSR count). The monoisotopic (exact) mass is 378 g/mol. The van der Waals surface area contributed by atoms with E-state index in [0.29, 0.717) is 23.6 Å². The molecule has 0 saturated carbocycles. The molecule has 6 heteroatoms. The highest BCUT2D eigenvalue weighted by atomic mass is 35.5. The largest absolute Gasteiger partial charge is 0.478 e. The maximum absolute atomic E-state index is 14.5. The molecule has 1 N–H and O–H groups in total. The molecule has 0 bridgehead atoms. The predicted molar refractivity (Wildman–Crippen MR) is 102 cm³/mol. The Labute approximate surface area is 158 Å². The fraction of sp³-hybridized carbons (Fsp3) is 0.400. The zero-order chi connectivity index (χ0) is 19.5. The van der Waals surface area contributed by atoms with Crippen LogP contribution in [-0.2, 0) is 4.79 Å². The molecule has 1 aromatic heterocycles. The number of alkyl halides is 1. The lowest BCUT2D eigenvalue weighted by Gasteiger charge is -2.31. The van der Waals surface area contributed by atoms with Crippen molar-refractivity contribution in [3.05, 3.63) is 53.4 Å². The summed E-state index contributed by atoms with van der Waals surface area (Å²) >= 11 is 5.88. The van der Waals surface area contributed by atoms with Crippen molar-refractivity contribution >= 4 is 23.6 Å². The van der Waals surface area contributed by atoms with Gasteiger partial charge < -0.3 is 9.67 Å². The summed E-state index contributed by atoms with van der Waals surface area (Å²) in [5.74, 6) is -1.33. The van der Waals surface area contributed by atoms with Gasteiger partial charge in [0, 0.05) is 17.6 Å². The molecule has 0 spiro atoms. The third kappa shape index (κ3) is 4.73. The van der Waals surface area contributed by atoms with E-state index in [9.17, 15) is 14.3 Å². The lowest BCUT2D eigenvalue weighted by molar-refractivity contribution is -0.133. The smallest absolute Gasteiger partial charge is 0.331 e. The summed E-state index contributed by atoms with van der Waals surface area (Å²) in [5, 5.41) is 9.68. The van der Waals surface area contributed by atoms with Crippen molar-refractivity contribution in [2.24, 2.45) is 11.3 Å². The van der Waals surface area contributed by atoms with E-state index in [-0.39, 0.29) is 16.9 Å². The molecule has 1 atom stereocenters. The first-order valence-corrected chi connectivity index (χ1v) is 8.98. The van der Waals surface area contributed by atoms with Gasteiger partial charge in [0.25, 0.3) is 0 Å². The number of imidazole rings is 1. The van der Waals surface area contributed by atoms with Gasteiger partial charge in [0.2, 0.25) is 0 Å². The molecule has 0 saturated heterocycles. The molecule has 1 heterocycles. The van der Waals surface area contributed by atoms with Crippen molar-refractivity contribution in [1.82, 2.24) is 9.55 Å². The second-order valence-corrected chi connectivity index (χ2v) is 7.81. The Balaban J connectivity index is 2.44. The molecule has 0 aliphatic heterocycles. The minimum Gasteiger partial charge on any atom is -0.478 e. The van der Waals surface area contributed by atoms with Crippen LogP contribution in [-0.4, -0.2) is 26.5 Å². The van der Waals surface area contributed by atoms with Crippen LogP contribution in [0.15, 0.2) is 36.3 Å². The van der Waals surface area contributed by atoms with E-state index in [4.69, 9.17) is 11.6 Å². The van der Waals surface area contributed by atoms with Crippen LogP contribution >= 0.6 is 11.6 Å². The van der Waals surface area contributed by atoms with E-state index in [1.165, 1.54) is 12.1 Å². The molecule has 2 aromatic rings. The zero-order valence-electron chi connectivity index (χ0n) is 15.5. The van der Waals surface area contributed by atoms with E-state index in [1.807, 2.05) is 27.7 Å². The number of carboxylic acid groups (broad SMARTS) is 1. The summed E-state index contributed by atoms with van der Waals surface area (Å²) in [5.41, 5.74) is 1.63. The number of carboxylic acids is 1. The van der Waals surface area contributed by atoms with Crippen LogP contribution < -0.4 is 0 Å². The molecule has 0 aliphatic rings. The van der Waals surface area contributed by atoms with Gasteiger partial charge in [0.05, 0.1) is 17.7 Å². The summed E-state index contributed by atoms with van der Waals surface area (Å²) in [6.45, 7) is 7.76. The normalized spacial score (nSPS) is 13.7. The van der Waals surface area contributed by atoms with Crippen molar-refractivity contribution in [3.63, 3.8) is 0 Å². The fourth-order valence-corrected chi connectivity index (χ4v) is 3.25. The van der Waals surface area contributed by atoms with Crippen LogP contribution in [0.4, 0.5) is 4.39 Å².